The van der Waals surface area contributed by atoms with Crippen molar-refractivity contribution in [3.05, 3.63) is 77.4 Å². The summed E-state index contributed by atoms with van der Waals surface area (Å²) in [4.78, 5) is 12.6. The molecule has 2 atom stereocenters. The SMILES string of the molecule is O=C1CC(SCCO)C(O)(CC#Cc2ccccc2)/C1=C/c1ccccc1. The van der Waals surface area contributed by atoms with Crippen molar-refractivity contribution in [2.24, 2.45) is 0 Å². The van der Waals surface area contributed by atoms with Crippen LogP contribution in [-0.2, 0) is 4.79 Å². The molecular formula is C23H22O3S. The molecule has 3 rings (SSSR count). The highest BCUT2D eigenvalue weighted by Gasteiger charge is 2.49. The van der Waals surface area contributed by atoms with E-state index in [4.69, 9.17) is 5.11 Å². The highest BCUT2D eigenvalue weighted by Crippen LogP contribution is 2.43. The number of benzene rings is 2. The Bertz CT molecular complexity index is 865. The first-order valence-corrected chi connectivity index (χ1v) is 9.97. The Morgan fingerprint density at radius 2 is 1.78 bits per heavy atom. The summed E-state index contributed by atoms with van der Waals surface area (Å²) in [6.45, 7) is 0.0128. The molecule has 1 aliphatic carbocycles. The summed E-state index contributed by atoms with van der Waals surface area (Å²) in [7, 11) is 0. The monoisotopic (exact) mass is 378 g/mol. The van der Waals surface area contributed by atoms with Gasteiger partial charge in [0.15, 0.2) is 5.78 Å². The lowest BCUT2D eigenvalue weighted by molar-refractivity contribution is -0.114. The molecule has 1 fully saturated rings. The second-order valence-corrected chi connectivity index (χ2v) is 7.76. The number of Topliss-reactive ketones (excluding diaryl/α,β-unsaturated/α-hetero) is 1. The minimum Gasteiger partial charge on any atom is -0.396 e. The minimum atomic E-state index is -1.32. The molecule has 1 saturated carbocycles. The van der Waals surface area contributed by atoms with Crippen molar-refractivity contribution >= 4 is 23.6 Å². The molecule has 27 heavy (non-hydrogen) atoms. The summed E-state index contributed by atoms with van der Waals surface area (Å²) >= 11 is 1.43. The number of aliphatic hydroxyl groups is 2. The highest BCUT2D eigenvalue weighted by molar-refractivity contribution is 8.00. The van der Waals surface area contributed by atoms with Crippen LogP contribution in [-0.4, -0.2) is 39.2 Å². The van der Waals surface area contributed by atoms with E-state index >= 15 is 0 Å². The van der Waals surface area contributed by atoms with Gasteiger partial charge in [-0.1, -0.05) is 60.4 Å². The van der Waals surface area contributed by atoms with Crippen molar-refractivity contribution in [3.8, 4) is 11.8 Å². The molecule has 0 amide bonds. The average molecular weight is 378 g/mol. The molecule has 2 N–H and O–H groups in total. The maximum Gasteiger partial charge on any atom is 0.163 e. The van der Waals surface area contributed by atoms with E-state index < -0.39 is 5.60 Å². The topological polar surface area (TPSA) is 57.5 Å². The Labute approximate surface area is 164 Å². The zero-order chi connectivity index (χ0) is 19.1. The van der Waals surface area contributed by atoms with Crippen LogP contribution in [0.15, 0.2) is 66.2 Å². The third-order valence-corrected chi connectivity index (χ3v) is 5.93. The molecule has 0 saturated heterocycles. The molecule has 2 unspecified atom stereocenters. The van der Waals surface area contributed by atoms with E-state index in [1.54, 1.807) is 6.08 Å². The molecule has 2 aromatic carbocycles. The van der Waals surface area contributed by atoms with E-state index in [1.807, 2.05) is 60.7 Å². The van der Waals surface area contributed by atoms with Gasteiger partial charge in [0.1, 0.15) is 5.60 Å². The predicted octanol–water partition coefficient (Wildman–Crippen LogP) is 3.31. The number of ketones is 1. The van der Waals surface area contributed by atoms with Crippen LogP contribution in [0.5, 0.6) is 0 Å². The lowest BCUT2D eigenvalue weighted by atomic mass is 9.91. The lowest BCUT2D eigenvalue weighted by Gasteiger charge is -2.28. The van der Waals surface area contributed by atoms with Crippen LogP contribution in [0.2, 0.25) is 0 Å². The van der Waals surface area contributed by atoms with Crippen LogP contribution in [0, 0.1) is 11.8 Å². The Balaban J connectivity index is 1.92. The van der Waals surface area contributed by atoms with Crippen LogP contribution in [0.1, 0.15) is 24.0 Å². The first kappa shape index (κ1) is 19.4. The number of rotatable bonds is 5. The number of carbonyl (C=O) groups excluding carboxylic acids is 1. The van der Waals surface area contributed by atoms with Gasteiger partial charge in [-0.25, -0.2) is 0 Å². The third-order valence-electron chi connectivity index (χ3n) is 4.56. The fourth-order valence-corrected chi connectivity index (χ4v) is 4.33. The molecule has 0 radical (unpaired) electrons. The van der Waals surface area contributed by atoms with Gasteiger partial charge in [-0.05, 0) is 23.8 Å². The maximum absolute atomic E-state index is 12.6. The molecule has 138 valence electrons. The number of thioether (sulfide) groups is 1. The number of hydrogen-bond acceptors (Lipinski definition) is 4. The van der Waals surface area contributed by atoms with Crippen LogP contribution < -0.4 is 0 Å². The van der Waals surface area contributed by atoms with Crippen LogP contribution in [0.4, 0.5) is 0 Å². The van der Waals surface area contributed by atoms with Gasteiger partial charge in [-0.3, -0.25) is 4.79 Å². The summed E-state index contributed by atoms with van der Waals surface area (Å²) in [5, 5.41) is 20.3. The molecule has 0 aliphatic heterocycles. The number of carbonyl (C=O) groups is 1. The van der Waals surface area contributed by atoms with E-state index in [2.05, 4.69) is 11.8 Å². The molecule has 2 aromatic rings. The van der Waals surface area contributed by atoms with Gasteiger partial charge in [-0.2, -0.15) is 11.8 Å². The molecule has 1 aliphatic rings. The molecule has 0 heterocycles. The zero-order valence-electron chi connectivity index (χ0n) is 15.0. The number of aliphatic hydroxyl groups excluding tert-OH is 1. The summed E-state index contributed by atoms with van der Waals surface area (Å²) < 4.78 is 0. The highest BCUT2D eigenvalue weighted by atomic mass is 32.2. The molecule has 4 heteroatoms. The third kappa shape index (κ3) is 4.70. The van der Waals surface area contributed by atoms with E-state index in [1.165, 1.54) is 11.8 Å². The molecule has 0 aromatic heterocycles. The average Bonchev–Trinajstić information content (AvgIpc) is 2.92. The summed E-state index contributed by atoms with van der Waals surface area (Å²) in [5.74, 6) is 6.54. The molecule has 3 nitrogen and oxygen atoms in total. The van der Waals surface area contributed by atoms with Gasteiger partial charge in [0.05, 0.1) is 6.61 Å². The van der Waals surface area contributed by atoms with Crippen molar-refractivity contribution in [3.63, 3.8) is 0 Å². The van der Waals surface area contributed by atoms with Gasteiger partial charge >= 0.3 is 0 Å². The Morgan fingerprint density at radius 1 is 1.11 bits per heavy atom. The van der Waals surface area contributed by atoms with Crippen molar-refractivity contribution in [2.75, 3.05) is 12.4 Å². The zero-order valence-corrected chi connectivity index (χ0v) is 15.8. The normalized spacial score (nSPS) is 23.3. The summed E-state index contributed by atoms with van der Waals surface area (Å²) in [6, 6.07) is 19.1. The Morgan fingerprint density at radius 3 is 2.44 bits per heavy atom. The van der Waals surface area contributed by atoms with Gasteiger partial charge in [0.25, 0.3) is 0 Å². The molecule has 0 spiro atoms. The van der Waals surface area contributed by atoms with Crippen LogP contribution in [0.25, 0.3) is 6.08 Å². The van der Waals surface area contributed by atoms with Gasteiger partial charge in [0, 0.05) is 35.0 Å². The molecular weight excluding hydrogens is 356 g/mol. The number of hydrogen-bond donors (Lipinski definition) is 2. The quantitative estimate of drug-likeness (QED) is 0.619. The van der Waals surface area contributed by atoms with Crippen LogP contribution in [0.3, 0.4) is 0 Å². The van der Waals surface area contributed by atoms with Gasteiger partial charge < -0.3 is 10.2 Å². The fraction of sp³-hybridized carbons (Fsp3) is 0.261. The van der Waals surface area contributed by atoms with Crippen molar-refractivity contribution in [1.29, 1.82) is 0 Å². The van der Waals surface area contributed by atoms with E-state index in [-0.39, 0.29) is 30.5 Å². The Kier molecular flexibility index (Phi) is 6.52. The van der Waals surface area contributed by atoms with Crippen molar-refractivity contribution < 1.29 is 15.0 Å². The predicted molar refractivity (Wildman–Crippen MR) is 110 cm³/mol. The molecule has 0 bridgehead atoms. The second-order valence-electron chi connectivity index (χ2n) is 6.45. The smallest absolute Gasteiger partial charge is 0.163 e. The van der Waals surface area contributed by atoms with E-state index in [9.17, 15) is 9.90 Å². The summed E-state index contributed by atoms with van der Waals surface area (Å²) in [6.07, 6.45) is 2.20. The largest absolute Gasteiger partial charge is 0.396 e. The van der Waals surface area contributed by atoms with E-state index in [0.717, 1.165) is 11.1 Å². The maximum atomic E-state index is 12.6. The first-order valence-electron chi connectivity index (χ1n) is 8.92. The first-order chi connectivity index (χ1) is 13.1. The lowest BCUT2D eigenvalue weighted by Crippen LogP contribution is -2.37. The van der Waals surface area contributed by atoms with Crippen LogP contribution >= 0.6 is 11.8 Å². The van der Waals surface area contributed by atoms with E-state index in [0.29, 0.717) is 11.3 Å². The van der Waals surface area contributed by atoms with Gasteiger partial charge in [-0.15, -0.1) is 0 Å². The van der Waals surface area contributed by atoms with Crippen molar-refractivity contribution in [2.45, 2.75) is 23.7 Å². The second kappa shape index (κ2) is 9.05. The standard InChI is InChI=1S/C23H22O3S/c24-14-15-27-22-17-21(25)20(16-19-10-5-2-6-11-19)23(22,26)13-7-12-18-8-3-1-4-9-18/h1-6,8-11,16,22,24,26H,13-15,17H2/b20-16+. The van der Waals surface area contributed by atoms with Gasteiger partial charge in [0.2, 0.25) is 0 Å². The Hall–Kier alpha value is -2.32. The summed E-state index contributed by atoms with van der Waals surface area (Å²) in [5.41, 5.74) is 0.835. The minimum absolute atomic E-state index is 0.0128. The van der Waals surface area contributed by atoms with Crippen molar-refractivity contribution in [1.82, 2.24) is 0 Å². The fourth-order valence-electron chi connectivity index (χ4n) is 3.19.